The Morgan fingerprint density at radius 2 is 2.17 bits per heavy atom. The van der Waals surface area contributed by atoms with Gasteiger partial charge in [0.1, 0.15) is 5.82 Å². The second-order valence-electron chi connectivity index (χ2n) is 4.57. The number of fused-ring (bicyclic) bond motifs is 1. The number of nitrogens with zero attached hydrogens (tertiary/aromatic N) is 1. The molecule has 0 unspecified atom stereocenters. The molecule has 0 aliphatic carbocycles. The van der Waals surface area contributed by atoms with Gasteiger partial charge in [0.05, 0.1) is 10.2 Å². The fourth-order valence-electron chi connectivity index (χ4n) is 2.16. The number of hydrogen-bond acceptors (Lipinski definition) is 4. The second kappa shape index (κ2) is 5.45. The van der Waals surface area contributed by atoms with Crippen molar-refractivity contribution in [1.82, 2.24) is 4.98 Å². The van der Waals surface area contributed by atoms with Crippen LogP contribution < -0.4 is 5.32 Å². The first-order chi connectivity index (χ1) is 8.81. The second-order valence-corrected chi connectivity index (χ2v) is 6.82. The minimum atomic E-state index is -0.219. The summed E-state index contributed by atoms with van der Waals surface area (Å²) in [4.78, 5) is 4.42. The van der Waals surface area contributed by atoms with Crippen molar-refractivity contribution in [3.63, 3.8) is 0 Å². The van der Waals surface area contributed by atoms with Crippen LogP contribution in [0.3, 0.4) is 0 Å². The number of halogens is 1. The predicted molar refractivity (Wildman–Crippen MR) is 78.1 cm³/mol. The molecule has 0 spiro atoms. The van der Waals surface area contributed by atoms with Crippen molar-refractivity contribution < 1.29 is 4.39 Å². The maximum absolute atomic E-state index is 13.1. The molecule has 1 aromatic heterocycles. The molecule has 0 amide bonds. The number of thiazole rings is 1. The van der Waals surface area contributed by atoms with Gasteiger partial charge in [-0.05, 0) is 42.4 Å². The number of thioether (sulfide) groups is 1. The smallest absolute Gasteiger partial charge is 0.183 e. The van der Waals surface area contributed by atoms with E-state index in [9.17, 15) is 4.39 Å². The molecule has 18 heavy (non-hydrogen) atoms. The van der Waals surface area contributed by atoms with Crippen LogP contribution in [-0.4, -0.2) is 23.0 Å². The Hall–Kier alpha value is -0.810. The van der Waals surface area contributed by atoms with Gasteiger partial charge in [0, 0.05) is 12.6 Å². The zero-order valence-corrected chi connectivity index (χ0v) is 11.6. The van der Waals surface area contributed by atoms with Crippen LogP contribution in [0.25, 0.3) is 10.2 Å². The predicted octanol–water partition coefficient (Wildman–Crippen LogP) is 3.99. The highest BCUT2D eigenvalue weighted by atomic mass is 32.2. The summed E-state index contributed by atoms with van der Waals surface area (Å²) in [7, 11) is 0. The van der Waals surface area contributed by atoms with E-state index < -0.39 is 0 Å². The zero-order chi connectivity index (χ0) is 12.4. The average molecular weight is 282 g/mol. The third-order valence-corrected chi connectivity index (χ3v) is 5.28. The van der Waals surface area contributed by atoms with E-state index in [1.165, 1.54) is 36.5 Å². The Morgan fingerprint density at radius 1 is 1.33 bits per heavy atom. The molecule has 1 fully saturated rings. The first kappa shape index (κ1) is 12.2. The minimum absolute atomic E-state index is 0.219. The van der Waals surface area contributed by atoms with Crippen LogP contribution in [0.5, 0.6) is 0 Å². The first-order valence-electron chi connectivity index (χ1n) is 6.19. The summed E-state index contributed by atoms with van der Waals surface area (Å²) in [5.41, 5.74) is 0.752. The quantitative estimate of drug-likeness (QED) is 0.921. The van der Waals surface area contributed by atoms with Crippen molar-refractivity contribution in [1.29, 1.82) is 0 Å². The third-order valence-electron chi connectivity index (χ3n) is 3.23. The maximum Gasteiger partial charge on any atom is 0.183 e. The molecule has 3 rings (SSSR count). The van der Waals surface area contributed by atoms with E-state index in [0.717, 1.165) is 27.8 Å². The van der Waals surface area contributed by atoms with E-state index in [2.05, 4.69) is 10.3 Å². The highest BCUT2D eigenvalue weighted by Gasteiger charge is 2.14. The molecule has 96 valence electrons. The van der Waals surface area contributed by atoms with Crippen LogP contribution in [0.1, 0.15) is 12.8 Å². The summed E-state index contributed by atoms with van der Waals surface area (Å²) >= 11 is 3.64. The molecule has 1 saturated heterocycles. The van der Waals surface area contributed by atoms with Crippen molar-refractivity contribution in [3.8, 4) is 0 Å². The van der Waals surface area contributed by atoms with Crippen LogP contribution >= 0.6 is 23.1 Å². The van der Waals surface area contributed by atoms with Crippen LogP contribution in [0.2, 0.25) is 0 Å². The molecular formula is C13H15FN2S2. The summed E-state index contributed by atoms with van der Waals surface area (Å²) in [6.07, 6.45) is 2.58. The van der Waals surface area contributed by atoms with Gasteiger partial charge >= 0.3 is 0 Å². The van der Waals surface area contributed by atoms with Gasteiger partial charge in [0.25, 0.3) is 0 Å². The lowest BCUT2D eigenvalue weighted by atomic mass is 10.0. The number of nitrogens with one attached hydrogen (secondary N) is 1. The van der Waals surface area contributed by atoms with Crippen molar-refractivity contribution in [2.24, 2.45) is 5.92 Å². The molecule has 1 N–H and O–H groups in total. The summed E-state index contributed by atoms with van der Waals surface area (Å²) in [6.45, 7) is 0.989. The Kier molecular flexibility index (Phi) is 3.70. The Labute approximate surface area is 114 Å². The normalized spacial score (nSPS) is 17.2. The van der Waals surface area contributed by atoms with Gasteiger partial charge in [-0.15, -0.1) is 0 Å². The molecule has 0 bridgehead atoms. The van der Waals surface area contributed by atoms with Gasteiger partial charge in [-0.3, -0.25) is 0 Å². The monoisotopic (exact) mass is 282 g/mol. The molecule has 0 radical (unpaired) electrons. The van der Waals surface area contributed by atoms with Crippen LogP contribution in [-0.2, 0) is 0 Å². The lowest BCUT2D eigenvalue weighted by molar-refractivity contribution is 0.516. The van der Waals surface area contributed by atoms with Crippen molar-refractivity contribution >= 4 is 38.4 Å². The average Bonchev–Trinajstić information content (AvgIpc) is 2.79. The van der Waals surface area contributed by atoms with Gasteiger partial charge in [-0.1, -0.05) is 11.3 Å². The molecule has 2 nitrogen and oxygen atoms in total. The third kappa shape index (κ3) is 2.78. The van der Waals surface area contributed by atoms with Crippen LogP contribution in [0, 0.1) is 11.7 Å². The van der Waals surface area contributed by atoms with E-state index in [-0.39, 0.29) is 5.82 Å². The molecule has 0 atom stereocenters. The summed E-state index contributed by atoms with van der Waals surface area (Å²) in [6, 6.07) is 4.78. The largest absolute Gasteiger partial charge is 0.361 e. The minimum Gasteiger partial charge on any atom is -0.361 e. The standard InChI is InChI=1S/C13H15FN2S2/c14-10-1-2-12-11(7-10)16-13(18-12)15-8-9-3-5-17-6-4-9/h1-2,7,9H,3-6,8H2,(H,15,16). The van der Waals surface area contributed by atoms with Gasteiger partial charge in [0.15, 0.2) is 5.13 Å². The van der Waals surface area contributed by atoms with Gasteiger partial charge < -0.3 is 5.32 Å². The zero-order valence-electron chi connectivity index (χ0n) is 9.99. The van der Waals surface area contributed by atoms with E-state index in [4.69, 9.17) is 0 Å². The van der Waals surface area contributed by atoms with Crippen molar-refractivity contribution in [2.75, 3.05) is 23.4 Å². The number of aromatic nitrogens is 1. The van der Waals surface area contributed by atoms with Gasteiger partial charge in [-0.25, -0.2) is 9.37 Å². The molecule has 1 aromatic carbocycles. The summed E-state index contributed by atoms with van der Waals surface area (Å²) in [5.74, 6) is 3.09. The SMILES string of the molecule is Fc1ccc2sc(NCC3CCSCC3)nc2c1. The van der Waals surface area contributed by atoms with Gasteiger partial charge in [-0.2, -0.15) is 11.8 Å². The topological polar surface area (TPSA) is 24.9 Å². The Morgan fingerprint density at radius 3 is 3.00 bits per heavy atom. The fraction of sp³-hybridized carbons (Fsp3) is 0.462. The van der Waals surface area contributed by atoms with Crippen molar-refractivity contribution in [2.45, 2.75) is 12.8 Å². The molecule has 5 heteroatoms. The highest BCUT2D eigenvalue weighted by Crippen LogP contribution is 2.28. The van der Waals surface area contributed by atoms with Gasteiger partial charge in [0.2, 0.25) is 0 Å². The highest BCUT2D eigenvalue weighted by molar-refractivity contribution is 7.99. The van der Waals surface area contributed by atoms with E-state index in [1.807, 2.05) is 11.8 Å². The molecule has 2 aromatic rings. The maximum atomic E-state index is 13.1. The van der Waals surface area contributed by atoms with Crippen molar-refractivity contribution in [3.05, 3.63) is 24.0 Å². The lowest BCUT2D eigenvalue weighted by Gasteiger charge is -2.21. The number of benzene rings is 1. The Balaban J connectivity index is 1.67. The van der Waals surface area contributed by atoms with E-state index >= 15 is 0 Å². The molecule has 1 aliphatic rings. The lowest BCUT2D eigenvalue weighted by Crippen LogP contribution is -2.18. The number of hydrogen-bond donors (Lipinski definition) is 1. The van der Waals surface area contributed by atoms with E-state index in [0.29, 0.717) is 0 Å². The van der Waals surface area contributed by atoms with Crippen LogP contribution in [0.15, 0.2) is 18.2 Å². The number of anilines is 1. The fourth-order valence-corrected chi connectivity index (χ4v) is 4.22. The molecular weight excluding hydrogens is 267 g/mol. The molecule has 0 saturated carbocycles. The Bertz CT molecular complexity index is 535. The summed E-state index contributed by atoms with van der Waals surface area (Å²) < 4.78 is 14.1. The van der Waals surface area contributed by atoms with Crippen LogP contribution in [0.4, 0.5) is 9.52 Å². The molecule has 2 heterocycles. The first-order valence-corrected chi connectivity index (χ1v) is 8.16. The summed E-state index contributed by atoms with van der Waals surface area (Å²) in [5, 5.41) is 4.31. The number of rotatable bonds is 3. The van der Waals surface area contributed by atoms with E-state index in [1.54, 1.807) is 17.4 Å². The molecule has 1 aliphatic heterocycles.